The summed E-state index contributed by atoms with van der Waals surface area (Å²) in [5.41, 5.74) is 2.17. The van der Waals surface area contributed by atoms with Crippen LogP contribution in [0.15, 0.2) is 24.3 Å². The molecule has 0 bridgehead atoms. The Morgan fingerprint density at radius 3 is 2.62 bits per heavy atom. The summed E-state index contributed by atoms with van der Waals surface area (Å²) in [5.74, 6) is 1.14. The molecule has 114 valence electrons. The predicted molar refractivity (Wildman–Crippen MR) is 86.7 cm³/mol. The third-order valence-electron chi connectivity index (χ3n) is 5.56. The molecule has 3 atom stereocenters. The van der Waals surface area contributed by atoms with E-state index in [9.17, 15) is 4.79 Å². The molecule has 1 saturated carbocycles. The quantitative estimate of drug-likeness (QED) is 0.777. The normalized spacial score (nSPS) is 27.3. The SMILES string of the molecule is CCc1ccc(C(=O)C(C)N2CCCC3CCCC32)cc1. The third kappa shape index (κ3) is 2.91. The van der Waals surface area contributed by atoms with Crippen LogP contribution in [0.2, 0.25) is 0 Å². The van der Waals surface area contributed by atoms with Crippen molar-refractivity contribution in [3.8, 4) is 0 Å². The Kier molecular flexibility index (Phi) is 4.44. The lowest BCUT2D eigenvalue weighted by atomic mass is 9.89. The highest BCUT2D eigenvalue weighted by Crippen LogP contribution is 2.38. The Labute approximate surface area is 128 Å². The standard InChI is InChI=1S/C19H27NO/c1-3-15-9-11-17(12-10-15)19(21)14(2)20-13-5-7-16-6-4-8-18(16)20/h9-12,14,16,18H,3-8,13H2,1-2H3. The first-order chi connectivity index (χ1) is 10.2. The molecule has 2 heteroatoms. The van der Waals surface area contributed by atoms with Gasteiger partial charge >= 0.3 is 0 Å². The number of carbonyl (C=O) groups excluding carboxylic acids is 1. The lowest BCUT2D eigenvalue weighted by Crippen LogP contribution is -2.50. The molecule has 2 aliphatic rings. The van der Waals surface area contributed by atoms with Gasteiger partial charge in [-0.15, -0.1) is 0 Å². The van der Waals surface area contributed by atoms with Crippen LogP contribution in [0.5, 0.6) is 0 Å². The van der Waals surface area contributed by atoms with Gasteiger partial charge in [0.05, 0.1) is 6.04 Å². The zero-order valence-electron chi connectivity index (χ0n) is 13.3. The minimum absolute atomic E-state index is 0.0309. The van der Waals surface area contributed by atoms with Gasteiger partial charge in [-0.3, -0.25) is 9.69 Å². The third-order valence-corrected chi connectivity index (χ3v) is 5.56. The lowest BCUT2D eigenvalue weighted by Gasteiger charge is -2.41. The average Bonchev–Trinajstić information content (AvgIpc) is 3.02. The molecule has 2 fully saturated rings. The summed E-state index contributed by atoms with van der Waals surface area (Å²) in [4.78, 5) is 15.3. The highest BCUT2D eigenvalue weighted by atomic mass is 16.1. The Bertz CT molecular complexity index is 493. The molecule has 1 aromatic carbocycles. The van der Waals surface area contributed by atoms with Crippen molar-refractivity contribution in [2.45, 2.75) is 64.5 Å². The van der Waals surface area contributed by atoms with Gasteiger partial charge in [0.25, 0.3) is 0 Å². The van der Waals surface area contributed by atoms with Crippen molar-refractivity contribution in [3.63, 3.8) is 0 Å². The number of piperidine rings is 1. The van der Waals surface area contributed by atoms with E-state index in [-0.39, 0.29) is 6.04 Å². The van der Waals surface area contributed by atoms with Gasteiger partial charge < -0.3 is 0 Å². The van der Waals surface area contributed by atoms with E-state index in [1.807, 2.05) is 12.1 Å². The first kappa shape index (κ1) is 14.8. The number of hydrogen-bond acceptors (Lipinski definition) is 2. The van der Waals surface area contributed by atoms with E-state index in [0.717, 1.165) is 24.4 Å². The molecule has 0 radical (unpaired) electrons. The second-order valence-electron chi connectivity index (χ2n) is 6.73. The van der Waals surface area contributed by atoms with Crippen molar-refractivity contribution in [1.82, 2.24) is 4.90 Å². The molecule has 21 heavy (non-hydrogen) atoms. The molecule has 0 aromatic heterocycles. The molecule has 0 amide bonds. The van der Waals surface area contributed by atoms with E-state index in [1.165, 1.54) is 37.7 Å². The summed E-state index contributed by atoms with van der Waals surface area (Å²) in [6, 6.07) is 8.89. The molecule has 3 rings (SSSR count). The zero-order chi connectivity index (χ0) is 14.8. The van der Waals surface area contributed by atoms with Crippen LogP contribution in [0, 0.1) is 5.92 Å². The van der Waals surface area contributed by atoms with Crippen molar-refractivity contribution in [2.24, 2.45) is 5.92 Å². The summed E-state index contributed by atoms with van der Waals surface area (Å²) in [7, 11) is 0. The smallest absolute Gasteiger partial charge is 0.179 e. The largest absolute Gasteiger partial charge is 0.292 e. The minimum atomic E-state index is 0.0309. The number of Topliss-reactive ketones (excluding diaryl/α,β-unsaturated/α-hetero) is 1. The van der Waals surface area contributed by atoms with E-state index < -0.39 is 0 Å². The Hall–Kier alpha value is -1.15. The molecule has 3 unspecified atom stereocenters. The molecule has 1 aliphatic carbocycles. The van der Waals surface area contributed by atoms with Crippen LogP contribution in [-0.4, -0.2) is 29.3 Å². The molecule has 1 aliphatic heterocycles. The van der Waals surface area contributed by atoms with Crippen LogP contribution >= 0.6 is 0 Å². The molecule has 1 saturated heterocycles. The number of likely N-dealkylation sites (tertiary alicyclic amines) is 1. The molecule has 2 nitrogen and oxygen atoms in total. The maximum atomic E-state index is 12.8. The summed E-state index contributed by atoms with van der Waals surface area (Å²) in [6.07, 6.45) is 7.66. The molecular formula is C19H27NO. The molecule has 1 heterocycles. The maximum Gasteiger partial charge on any atom is 0.179 e. The van der Waals surface area contributed by atoms with E-state index in [2.05, 4.69) is 30.9 Å². The number of nitrogens with zero attached hydrogens (tertiary/aromatic N) is 1. The van der Waals surface area contributed by atoms with Crippen LogP contribution < -0.4 is 0 Å². The number of rotatable bonds is 4. The van der Waals surface area contributed by atoms with Crippen LogP contribution in [-0.2, 0) is 6.42 Å². The number of aryl methyl sites for hydroxylation is 1. The van der Waals surface area contributed by atoms with Crippen molar-refractivity contribution in [3.05, 3.63) is 35.4 Å². The fraction of sp³-hybridized carbons (Fsp3) is 0.632. The topological polar surface area (TPSA) is 20.3 Å². The monoisotopic (exact) mass is 285 g/mol. The fourth-order valence-electron chi connectivity index (χ4n) is 4.27. The van der Waals surface area contributed by atoms with Crippen molar-refractivity contribution >= 4 is 5.78 Å². The van der Waals surface area contributed by atoms with E-state index >= 15 is 0 Å². The lowest BCUT2D eigenvalue weighted by molar-refractivity contribution is 0.0565. The number of fused-ring (bicyclic) bond motifs is 1. The molecular weight excluding hydrogens is 258 g/mol. The molecule has 0 N–H and O–H groups in total. The van der Waals surface area contributed by atoms with Gasteiger partial charge in [-0.05, 0) is 57.1 Å². The number of benzene rings is 1. The van der Waals surface area contributed by atoms with Gasteiger partial charge in [-0.2, -0.15) is 0 Å². The summed E-state index contributed by atoms with van der Waals surface area (Å²) >= 11 is 0. The maximum absolute atomic E-state index is 12.8. The minimum Gasteiger partial charge on any atom is -0.292 e. The summed E-state index contributed by atoms with van der Waals surface area (Å²) in [5, 5.41) is 0. The van der Waals surface area contributed by atoms with Gasteiger partial charge in [0.2, 0.25) is 0 Å². The molecule has 1 aromatic rings. The highest BCUT2D eigenvalue weighted by Gasteiger charge is 2.38. The highest BCUT2D eigenvalue weighted by molar-refractivity contribution is 5.99. The number of hydrogen-bond donors (Lipinski definition) is 0. The van der Waals surface area contributed by atoms with Crippen LogP contribution in [0.25, 0.3) is 0 Å². The zero-order valence-corrected chi connectivity index (χ0v) is 13.3. The fourth-order valence-corrected chi connectivity index (χ4v) is 4.27. The Morgan fingerprint density at radius 1 is 1.19 bits per heavy atom. The van der Waals surface area contributed by atoms with Gasteiger partial charge in [-0.1, -0.05) is 37.6 Å². The first-order valence-electron chi connectivity index (χ1n) is 8.59. The second-order valence-corrected chi connectivity index (χ2v) is 6.73. The van der Waals surface area contributed by atoms with Crippen molar-refractivity contribution in [2.75, 3.05) is 6.54 Å². The van der Waals surface area contributed by atoms with Crippen molar-refractivity contribution < 1.29 is 4.79 Å². The first-order valence-corrected chi connectivity index (χ1v) is 8.59. The van der Waals surface area contributed by atoms with Gasteiger partial charge in [0, 0.05) is 11.6 Å². The summed E-state index contributed by atoms with van der Waals surface area (Å²) in [6.45, 7) is 5.35. The van der Waals surface area contributed by atoms with Crippen molar-refractivity contribution in [1.29, 1.82) is 0 Å². The summed E-state index contributed by atoms with van der Waals surface area (Å²) < 4.78 is 0. The van der Waals surface area contributed by atoms with Crippen LogP contribution in [0.3, 0.4) is 0 Å². The van der Waals surface area contributed by atoms with E-state index in [0.29, 0.717) is 11.8 Å². The number of ketones is 1. The van der Waals surface area contributed by atoms with Gasteiger partial charge in [0.15, 0.2) is 5.78 Å². The Balaban J connectivity index is 1.73. The molecule has 0 spiro atoms. The number of carbonyl (C=O) groups is 1. The van der Waals surface area contributed by atoms with Gasteiger partial charge in [0.1, 0.15) is 0 Å². The van der Waals surface area contributed by atoms with E-state index in [4.69, 9.17) is 0 Å². The van der Waals surface area contributed by atoms with E-state index in [1.54, 1.807) is 0 Å². The van der Waals surface area contributed by atoms with Crippen LogP contribution in [0.4, 0.5) is 0 Å². The second kappa shape index (κ2) is 6.31. The Morgan fingerprint density at radius 2 is 1.90 bits per heavy atom. The predicted octanol–water partition coefficient (Wildman–Crippen LogP) is 4.08. The van der Waals surface area contributed by atoms with Gasteiger partial charge in [-0.25, -0.2) is 0 Å². The van der Waals surface area contributed by atoms with Crippen LogP contribution in [0.1, 0.15) is 61.9 Å². The average molecular weight is 285 g/mol.